The van der Waals surface area contributed by atoms with Gasteiger partial charge in [0.25, 0.3) is 10.0 Å². The van der Waals surface area contributed by atoms with E-state index in [1.807, 2.05) is 0 Å². The molecule has 0 saturated heterocycles. The van der Waals surface area contributed by atoms with Gasteiger partial charge in [-0.1, -0.05) is 26.2 Å². The Balaban J connectivity index is 1.91. The minimum absolute atomic E-state index is 0.0531. The van der Waals surface area contributed by atoms with Gasteiger partial charge >= 0.3 is 0 Å². The van der Waals surface area contributed by atoms with E-state index in [1.54, 1.807) is 17.5 Å². The van der Waals surface area contributed by atoms with Crippen molar-refractivity contribution in [1.29, 1.82) is 0 Å². The van der Waals surface area contributed by atoms with Crippen molar-refractivity contribution in [2.24, 2.45) is 0 Å². The highest BCUT2D eigenvalue weighted by Crippen LogP contribution is 2.19. The fourth-order valence-corrected chi connectivity index (χ4v) is 3.89. The molecule has 130 valence electrons. The standard InChI is InChI=1S/C16H21N3O3S2/c1-2-3-4-5-6-15(20)18-13-7-9-14(10-8-13)24(21,22)19-16-17-11-12-23-16/h7-12H,2-6H2,1H3,(H,17,19)(H,18,20). The first-order valence-electron chi connectivity index (χ1n) is 7.83. The molecule has 0 aliphatic carbocycles. The Hall–Kier alpha value is -1.93. The first-order valence-corrected chi connectivity index (χ1v) is 10.2. The molecule has 0 saturated carbocycles. The number of nitrogens with one attached hydrogen (secondary N) is 2. The number of rotatable bonds is 9. The normalized spacial score (nSPS) is 11.2. The van der Waals surface area contributed by atoms with Crippen molar-refractivity contribution in [3.63, 3.8) is 0 Å². The molecule has 2 N–H and O–H groups in total. The number of amides is 1. The summed E-state index contributed by atoms with van der Waals surface area (Å²) in [6.07, 6.45) is 6.18. The number of anilines is 2. The average molecular weight is 367 g/mol. The van der Waals surface area contributed by atoms with Crippen LogP contribution in [-0.2, 0) is 14.8 Å². The average Bonchev–Trinajstić information content (AvgIpc) is 3.04. The molecule has 0 atom stereocenters. The summed E-state index contributed by atoms with van der Waals surface area (Å²) < 4.78 is 26.8. The van der Waals surface area contributed by atoms with E-state index in [-0.39, 0.29) is 10.8 Å². The van der Waals surface area contributed by atoms with Crippen molar-refractivity contribution < 1.29 is 13.2 Å². The fraction of sp³-hybridized carbons (Fsp3) is 0.375. The lowest BCUT2D eigenvalue weighted by molar-refractivity contribution is -0.116. The van der Waals surface area contributed by atoms with E-state index >= 15 is 0 Å². The second-order valence-electron chi connectivity index (χ2n) is 5.33. The van der Waals surface area contributed by atoms with Gasteiger partial charge in [-0.3, -0.25) is 9.52 Å². The molecule has 6 nitrogen and oxygen atoms in total. The van der Waals surface area contributed by atoms with Crippen LogP contribution in [0.5, 0.6) is 0 Å². The first-order chi connectivity index (χ1) is 11.5. The zero-order valence-corrected chi connectivity index (χ0v) is 15.1. The smallest absolute Gasteiger partial charge is 0.263 e. The Bertz CT molecular complexity index is 741. The Morgan fingerprint density at radius 1 is 1.17 bits per heavy atom. The number of carbonyl (C=O) groups is 1. The Morgan fingerprint density at radius 3 is 2.54 bits per heavy atom. The van der Waals surface area contributed by atoms with Gasteiger partial charge in [0, 0.05) is 23.7 Å². The fourth-order valence-electron chi connectivity index (χ4n) is 2.10. The van der Waals surface area contributed by atoms with Crippen molar-refractivity contribution in [3.05, 3.63) is 35.8 Å². The molecule has 1 aromatic heterocycles. The van der Waals surface area contributed by atoms with E-state index in [0.29, 0.717) is 17.2 Å². The minimum atomic E-state index is -3.66. The Morgan fingerprint density at radius 2 is 1.92 bits per heavy atom. The molecule has 1 amide bonds. The summed E-state index contributed by atoms with van der Waals surface area (Å²) >= 11 is 1.21. The number of carbonyl (C=O) groups excluding carboxylic acids is 1. The Labute approximate surface area is 146 Å². The van der Waals surface area contributed by atoms with Gasteiger partial charge in [-0.25, -0.2) is 13.4 Å². The van der Waals surface area contributed by atoms with E-state index in [9.17, 15) is 13.2 Å². The van der Waals surface area contributed by atoms with Crippen LogP contribution in [-0.4, -0.2) is 19.3 Å². The van der Waals surface area contributed by atoms with Gasteiger partial charge in [-0.15, -0.1) is 11.3 Å². The molecular weight excluding hydrogens is 346 g/mol. The summed E-state index contributed by atoms with van der Waals surface area (Å²) in [4.78, 5) is 15.8. The molecule has 2 rings (SSSR count). The molecule has 0 spiro atoms. The van der Waals surface area contributed by atoms with E-state index in [2.05, 4.69) is 21.9 Å². The minimum Gasteiger partial charge on any atom is -0.326 e. The van der Waals surface area contributed by atoms with Crippen molar-refractivity contribution in [1.82, 2.24) is 4.98 Å². The number of nitrogens with zero attached hydrogens (tertiary/aromatic N) is 1. The van der Waals surface area contributed by atoms with Gasteiger partial charge in [0.15, 0.2) is 5.13 Å². The molecule has 8 heteroatoms. The van der Waals surface area contributed by atoms with Crippen LogP contribution in [0.15, 0.2) is 40.7 Å². The third-order valence-electron chi connectivity index (χ3n) is 3.36. The quantitative estimate of drug-likeness (QED) is 0.659. The van der Waals surface area contributed by atoms with Crippen molar-refractivity contribution in [2.45, 2.75) is 43.9 Å². The van der Waals surface area contributed by atoms with Crippen LogP contribution >= 0.6 is 11.3 Å². The Kier molecular flexibility index (Phi) is 6.74. The van der Waals surface area contributed by atoms with Crippen LogP contribution in [0.25, 0.3) is 0 Å². The molecule has 1 aromatic carbocycles. The molecule has 24 heavy (non-hydrogen) atoms. The van der Waals surface area contributed by atoms with Crippen LogP contribution in [0.4, 0.5) is 10.8 Å². The number of sulfonamides is 1. The second kappa shape index (κ2) is 8.79. The number of hydrogen-bond acceptors (Lipinski definition) is 5. The highest BCUT2D eigenvalue weighted by Gasteiger charge is 2.15. The lowest BCUT2D eigenvalue weighted by atomic mass is 10.1. The first kappa shape index (κ1) is 18.4. The number of benzene rings is 1. The summed E-state index contributed by atoms with van der Waals surface area (Å²) in [7, 11) is -3.66. The highest BCUT2D eigenvalue weighted by atomic mass is 32.2. The van der Waals surface area contributed by atoms with Crippen LogP contribution in [0.3, 0.4) is 0 Å². The van der Waals surface area contributed by atoms with Crippen molar-refractivity contribution in [3.8, 4) is 0 Å². The SMILES string of the molecule is CCCCCCC(=O)Nc1ccc(S(=O)(=O)Nc2nccs2)cc1. The summed E-state index contributed by atoms with van der Waals surface area (Å²) in [5, 5.41) is 4.79. The van der Waals surface area contributed by atoms with Crippen molar-refractivity contribution in [2.75, 3.05) is 10.0 Å². The predicted octanol–water partition coefficient (Wildman–Crippen LogP) is 3.85. The van der Waals surface area contributed by atoms with Gasteiger partial charge in [0.2, 0.25) is 5.91 Å². The molecule has 0 fully saturated rings. The number of unbranched alkanes of at least 4 members (excludes halogenated alkanes) is 3. The maximum Gasteiger partial charge on any atom is 0.263 e. The van der Waals surface area contributed by atoms with Crippen LogP contribution in [0.1, 0.15) is 39.0 Å². The molecule has 0 aliphatic heterocycles. The van der Waals surface area contributed by atoms with Gasteiger partial charge in [-0.05, 0) is 30.7 Å². The summed E-state index contributed by atoms with van der Waals surface area (Å²) in [5.41, 5.74) is 0.587. The van der Waals surface area contributed by atoms with Gasteiger partial charge in [0.1, 0.15) is 0 Å². The molecule has 0 aliphatic rings. The predicted molar refractivity (Wildman–Crippen MR) is 96.8 cm³/mol. The highest BCUT2D eigenvalue weighted by molar-refractivity contribution is 7.93. The van der Waals surface area contributed by atoms with Crippen molar-refractivity contribution >= 4 is 38.1 Å². The third kappa shape index (κ3) is 5.61. The number of hydrogen-bond donors (Lipinski definition) is 2. The molecule has 2 aromatic rings. The van der Waals surface area contributed by atoms with Gasteiger partial charge in [0.05, 0.1) is 4.90 Å². The zero-order valence-electron chi connectivity index (χ0n) is 13.5. The summed E-state index contributed by atoms with van der Waals surface area (Å²) in [5.74, 6) is -0.0531. The number of aromatic nitrogens is 1. The maximum absolute atomic E-state index is 12.2. The zero-order chi connectivity index (χ0) is 17.4. The molecule has 0 bridgehead atoms. The molecular formula is C16H21N3O3S2. The second-order valence-corrected chi connectivity index (χ2v) is 7.90. The van der Waals surface area contributed by atoms with E-state index in [1.165, 1.54) is 29.7 Å². The number of thiazole rings is 1. The van der Waals surface area contributed by atoms with E-state index in [4.69, 9.17) is 0 Å². The maximum atomic E-state index is 12.2. The monoisotopic (exact) mass is 367 g/mol. The van der Waals surface area contributed by atoms with Crippen LogP contribution in [0, 0.1) is 0 Å². The summed E-state index contributed by atoms with van der Waals surface area (Å²) in [6.45, 7) is 2.12. The third-order valence-corrected chi connectivity index (χ3v) is 5.53. The van der Waals surface area contributed by atoms with Gasteiger partial charge in [-0.2, -0.15) is 0 Å². The van der Waals surface area contributed by atoms with E-state index < -0.39 is 10.0 Å². The molecule has 0 unspecified atom stereocenters. The largest absolute Gasteiger partial charge is 0.326 e. The van der Waals surface area contributed by atoms with Crippen LogP contribution < -0.4 is 10.0 Å². The lowest BCUT2D eigenvalue weighted by Crippen LogP contribution is -2.13. The van der Waals surface area contributed by atoms with Crippen LogP contribution in [0.2, 0.25) is 0 Å². The topological polar surface area (TPSA) is 88.2 Å². The molecule has 0 radical (unpaired) electrons. The molecule has 1 heterocycles. The van der Waals surface area contributed by atoms with E-state index in [0.717, 1.165) is 25.7 Å². The lowest BCUT2D eigenvalue weighted by Gasteiger charge is -2.08. The van der Waals surface area contributed by atoms with Gasteiger partial charge < -0.3 is 5.32 Å². The summed E-state index contributed by atoms with van der Waals surface area (Å²) in [6, 6.07) is 6.09.